The van der Waals surface area contributed by atoms with E-state index in [1.54, 1.807) is 18.3 Å². The zero-order valence-electron chi connectivity index (χ0n) is 9.43. The lowest BCUT2D eigenvalue weighted by atomic mass is 10.2. The van der Waals surface area contributed by atoms with Gasteiger partial charge in [-0.15, -0.1) is 0 Å². The number of aromatic nitrogens is 1. The van der Waals surface area contributed by atoms with Crippen molar-refractivity contribution in [3.8, 4) is 5.88 Å². The Morgan fingerprint density at radius 1 is 1.69 bits per heavy atom. The van der Waals surface area contributed by atoms with Crippen LogP contribution in [0.3, 0.4) is 0 Å². The molecular formula is C11H16N2O3. The highest BCUT2D eigenvalue weighted by Gasteiger charge is 2.15. The van der Waals surface area contributed by atoms with Crippen LogP contribution in [-0.4, -0.2) is 35.8 Å². The van der Waals surface area contributed by atoms with Gasteiger partial charge in [-0.1, -0.05) is 6.92 Å². The molecule has 0 fully saturated rings. The van der Waals surface area contributed by atoms with Crippen molar-refractivity contribution in [2.45, 2.75) is 19.4 Å². The van der Waals surface area contributed by atoms with Crippen molar-refractivity contribution in [2.24, 2.45) is 0 Å². The van der Waals surface area contributed by atoms with Crippen molar-refractivity contribution in [1.82, 2.24) is 10.3 Å². The molecule has 1 aromatic heterocycles. The topological polar surface area (TPSA) is 71.5 Å². The van der Waals surface area contributed by atoms with Gasteiger partial charge in [0.05, 0.1) is 19.8 Å². The third-order valence-corrected chi connectivity index (χ3v) is 2.26. The fourth-order valence-corrected chi connectivity index (χ4v) is 1.27. The summed E-state index contributed by atoms with van der Waals surface area (Å²) in [5, 5.41) is 11.7. The predicted octanol–water partition coefficient (Wildman–Crippen LogP) is 0.591. The summed E-state index contributed by atoms with van der Waals surface area (Å²) in [7, 11) is 1.46. The molecule has 16 heavy (non-hydrogen) atoms. The fourth-order valence-electron chi connectivity index (χ4n) is 1.27. The number of nitrogens with one attached hydrogen (secondary N) is 1. The molecule has 0 saturated heterocycles. The summed E-state index contributed by atoms with van der Waals surface area (Å²) in [6.07, 6.45) is 2.23. The summed E-state index contributed by atoms with van der Waals surface area (Å²) in [5.41, 5.74) is 0.372. The lowest BCUT2D eigenvalue weighted by Gasteiger charge is -2.14. The molecule has 1 atom stereocenters. The molecule has 1 amide bonds. The van der Waals surface area contributed by atoms with Crippen LogP contribution in [0.25, 0.3) is 0 Å². The maximum absolute atomic E-state index is 11.8. The van der Waals surface area contributed by atoms with Gasteiger partial charge in [0.15, 0.2) is 0 Å². The fraction of sp³-hybridized carbons (Fsp3) is 0.455. The molecule has 0 radical (unpaired) electrons. The third-order valence-electron chi connectivity index (χ3n) is 2.26. The number of nitrogens with zero attached hydrogens (tertiary/aromatic N) is 1. The van der Waals surface area contributed by atoms with Crippen LogP contribution in [0.15, 0.2) is 18.3 Å². The molecule has 1 heterocycles. The van der Waals surface area contributed by atoms with Crippen molar-refractivity contribution in [3.63, 3.8) is 0 Å². The maximum atomic E-state index is 11.8. The van der Waals surface area contributed by atoms with Gasteiger partial charge in [-0.25, -0.2) is 4.98 Å². The number of amides is 1. The van der Waals surface area contributed by atoms with Crippen LogP contribution < -0.4 is 10.1 Å². The summed E-state index contributed by atoms with van der Waals surface area (Å²) >= 11 is 0. The summed E-state index contributed by atoms with van der Waals surface area (Å²) in [6.45, 7) is 1.81. The molecule has 2 N–H and O–H groups in total. The lowest BCUT2D eigenvalue weighted by molar-refractivity contribution is 0.0911. The molecule has 0 aromatic carbocycles. The summed E-state index contributed by atoms with van der Waals surface area (Å²) in [5.74, 6) is -0.00126. The van der Waals surface area contributed by atoms with Gasteiger partial charge in [-0.3, -0.25) is 4.79 Å². The molecule has 5 nitrogen and oxygen atoms in total. The van der Waals surface area contributed by atoms with Crippen LogP contribution in [-0.2, 0) is 0 Å². The van der Waals surface area contributed by atoms with E-state index in [1.165, 1.54) is 7.11 Å². The molecule has 0 saturated carbocycles. The largest absolute Gasteiger partial charge is 0.480 e. The summed E-state index contributed by atoms with van der Waals surface area (Å²) < 4.78 is 4.98. The van der Waals surface area contributed by atoms with E-state index < -0.39 is 0 Å². The van der Waals surface area contributed by atoms with Crippen molar-refractivity contribution in [3.05, 3.63) is 23.9 Å². The number of pyridine rings is 1. The van der Waals surface area contributed by atoms with Crippen LogP contribution in [0.1, 0.15) is 23.7 Å². The molecule has 0 spiro atoms. The molecule has 0 aliphatic rings. The second-order valence-electron chi connectivity index (χ2n) is 3.32. The van der Waals surface area contributed by atoms with E-state index in [2.05, 4.69) is 10.3 Å². The number of aliphatic hydroxyl groups is 1. The Kier molecular flexibility index (Phi) is 4.72. The van der Waals surface area contributed by atoms with Crippen LogP contribution in [0.4, 0.5) is 0 Å². The number of carbonyl (C=O) groups is 1. The van der Waals surface area contributed by atoms with Crippen LogP contribution in [0, 0.1) is 0 Å². The first kappa shape index (κ1) is 12.4. The minimum absolute atomic E-state index is 0.0786. The SMILES string of the molecule is CC[C@H](CO)NC(=O)c1cccnc1OC. The quantitative estimate of drug-likeness (QED) is 0.768. The standard InChI is InChI=1S/C11H16N2O3/c1-3-8(7-14)13-10(15)9-5-4-6-12-11(9)16-2/h4-6,8,14H,3,7H2,1-2H3,(H,13,15)/t8-/m1/s1. The number of hydrogen-bond acceptors (Lipinski definition) is 4. The number of methoxy groups -OCH3 is 1. The second-order valence-corrected chi connectivity index (χ2v) is 3.32. The number of hydrogen-bond donors (Lipinski definition) is 2. The molecule has 0 aliphatic heterocycles. The number of rotatable bonds is 5. The summed E-state index contributed by atoms with van der Waals surface area (Å²) in [6, 6.07) is 3.06. The van der Waals surface area contributed by atoms with Gasteiger partial charge in [0.2, 0.25) is 5.88 Å². The Bertz CT molecular complexity index is 351. The molecule has 0 unspecified atom stereocenters. The minimum atomic E-state index is -0.286. The van der Waals surface area contributed by atoms with E-state index in [-0.39, 0.29) is 24.4 Å². The van der Waals surface area contributed by atoms with Crippen LogP contribution in [0.2, 0.25) is 0 Å². The Labute approximate surface area is 94.5 Å². The first-order valence-corrected chi connectivity index (χ1v) is 5.13. The highest BCUT2D eigenvalue weighted by Crippen LogP contribution is 2.13. The van der Waals surface area contributed by atoms with E-state index >= 15 is 0 Å². The van der Waals surface area contributed by atoms with E-state index in [4.69, 9.17) is 9.84 Å². The number of carbonyl (C=O) groups excluding carboxylic acids is 1. The molecule has 1 aromatic rings. The normalized spacial score (nSPS) is 11.9. The highest BCUT2D eigenvalue weighted by atomic mass is 16.5. The van der Waals surface area contributed by atoms with Gasteiger partial charge in [-0.05, 0) is 18.6 Å². The van der Waals surface area contributed by atoms with Gasteiger partial charge >= 0.3 is 0 Å². The van der Waals surface area contributed by atoms with E-state index in [0.717, 1.165) is 0 Å². The van der Waals surface area contributed by atoms with Gasteiger partial charge in [0.1, 0.15) is 5.56 Å². The maximum Gasteiger partial charge on any atom is 0.257 e. The smallest absolute Gasteiger partial charge is 0.257 e. The van der Waals surface area contributed by atoms with Crippen molar-refractivity contribution < 1.29 is 14.6 Å². The third kappa shape index (κ3) is 2.93. The first-order valence-electron chi connectivity index (χ1n) is 5.13. The van der Waals surface area contributed by atoms with Crippen LogP contribution in [0.5, 0.6) is 5.88 Å². The first-order chi connectivity index (χ1) is 7.72. The predicted molar refractivity (Wildman–Crippen MR) is 59.4 cm³/mol. The zero-order valence-corrected chi connectivity index (χ0v) is 9.43. The number of aliphatic hydroxyl groups excluding tert-OH is 1. The average Bonchev–Trinajstić information content (AvgIpc) is 2.35. The molecular weight excluding hydrogens is 208 g/mol. The molecule has 0 aliphatic carbocycles. The Hall–Kier alpha value is -1.62. The average molecular weight is 224 g/mol. The zero-order chi connectivity index (χ0) is 12.0. The Morgan fingerprint density at radius 2 is 2.44 bits per heavy atom. The summed E-state index contributed by atoms with van der Waals surface area (Å²) in [4.78, 5) is 15.7. The monoisotopic (exact) mass is 224 g/mol. The second kappa shape index (κ2) is 6.07. The van der Waals surface area contributed by atoms with Crippen molar-refractivity contribution in [2.75, 3.05) is 13.7 Å². The minimum Gasteiger partial charge on any atom is -0.480 e. The Morgan fingerprint density at radius 3 is 3.00 bits per heavy atom. The van der Waals surface area contributed by atoms with E-state index in [1.807, 2.05) is 6.92 Å². The van der Waals surface area contributed by atoms with E-state index in [9.17, 15) is 4.79 Å². The lowest BCUT2D eigenvalue weighted by Crippen LogP contribution is -2.37. The Balaban J connectivity index is 2.79. The van der Waals surface area contributed by atoms with Crippen molar-refractivity contribution in [1.29, 1.82) is 0 Å². The van der Waals surface area contributed by atoms with Gasteiger partial charge in [0, 0.05) is 6.20 Å². The van der Waals surface area contributed by atoms with Gasteiger partial charge in [-0.2, -0.15) is 0 Å². The number of ether oxygens (including phenoxy) is 1. The van der Waals surface area contributed by atoms with Gasteiger partial charge < -0.3 is 15.2 Å². The van der Waals surface area contributed by atoms with E-state index in [0.29, 0.717) is 12.0 Å². The molecule has 88 valence electrons. The van der Waals surface area contributed by atoms with Crippen molar-refractivity contribution >= 4 is 5.91 Å². The molecule has 1 rings (SSSR count). The van der Waals surface area contributed by atoms with Gasteiger partial charge in [0.25, 0.3) is 5.91 Å². The highest BCUT2D eigenvalue weighted by molar-refractivity contribution is 5.96. The molecule has 5 heteroatoms. The molecule has 0 bridgehead atoms. The van der Waals surface area contributed by atoms with Crippen LogP contribution >= 0.6 is 0 Å².